The predicted molar refractivity (Wildman–Crippen MR) is 138 cm³/mol. The monoisotopic (exact) mass is 491 g/mol. The van der Waals surface area contributed by atoms with Crippen LogP contribution in [-0.4, -0.2) is 79.2 Å². The minimum atomic E-state index is -0.357. The Bertz CT molecular complexity index is 1140. The van der Waals surface area contributed by atoms with E-state index < -0.39 is 0 Å². The average molecular weight is 492 g/mol. The van der Waals surface area contributed by atoms with Gasteiger partial charge in [0.2, 0.25) is 0 Å². The van der Waals surface area contributed by atoms with E-state index in [0.29, 0.717) is 31.1 Å². The Morgan fingerprint density at radius 3 is 2.31 bits per heavy atom. The van der Waals surface area contributed by atoms with Crippen LogP contribution >= 0.6 is 11.8 Å². The van der Waals surface area contributed by atoms with Crippen molar-refractivity contribution in [3.63, 3.8) is 0 Å². The number of para-hydroxylation sites is 1. The Balaban J connectivity index is 1.20. The first-order chi connectivity index (χ1) is 17.1. The number of hydrogen-bond donors (Lipinski definition) is 2. The highest BCUT2D eigenvalue weighted by molar-refractivity contribution is 8.18. The highest BCUT2D eigenvalue weighted by atomic mass is 32.2. The van der Waals surface area contributed by atoms with Crippen LogP contribution in [0.2, 0.25) is 0 Å². The second-order valence-electron chi connectivity index (χ2n) is 8.91. The van der Waals surface area contributed by atoms with Crippen LogP contribution in [-0.2, 0) is 11.3 Å². The number of carbonyl (C=O) groups excluding carboxylic acids is 3. The smallest absolute Gasteiger partial charge is 0.290 e. The Morgan fingerprint density at radius 1 is 0.914 bits per heavy atom. The van der Waals surface area contributed by atoms with Crippen LogP contribution in [0, 0.1) is 0 Å². The summed E-state index contributed by atoms with van der Waals surface area (Å²) in [5, 5.41) is 5.32. The van der Waals surface area contributed by atoms with E-state index in [0.717, 1.165) is 61.3 Å². The molecule has 5 rings (SSSR count). The number of thioether (sulfide) groups is 1. The van der Waals surface area contributed by atoms with Crippen LogP contribution < -0.4 is 15.5 Å². The Hall–Kier alpha value is -3.14. The van der Waals surface area contributed by atoms with Crippen LogP contribution in [0.1, 0.15) is 21.5 Å². The van der Waals surface area contributed by atoms with Gasteiger partial charge in [0.25, 0.3) is 17.1 Å². The van der Waals surface area contributed by atoms with Crippen molar-refractivity contribution in [2.24, 2.45) is 0 Å². The molecular weight excluding hydrogens is 462 g/mol. The fourth-order valence-corrected chi connectivity index (χ4v) is 5.35. The molecule has 3 aliphatic heterocycles. The van der Waals surface area contributed by atoms with Crippen LogP contribution in [0.4, 0.5) is 10.5 Å². The fraction of sp³-hybridized carbons (Fsp3) is 0.346. The van der Waals surface area contributed by atoms with Crippen LogP contribution in [0.5, 0.6) is 0 Å². The number of anilines is 1. The summed E-state index contributed by atoms with van der Waals surface area (Å²) in [6.07, 6.45) is 1.76. The van der Waals surface area contributed by atoms with Crippen molar-refractivity contribution in [1.82, 2.24) is 20.4 Å². The van der Waals surface area contributed by atoms with E-state index in [1.807, 2.05) is 41.3 Å². The maximum atomic E-state index is 13.1. The van der Waals surface area contributed by atoms with Gasteiger partial charge in [0.15, 0.2) is 0 Å². The zero-order chi connectivity index (χ0) is 24.2. The lowest BCUT2D eigenvalue weighted by atomic mass is 10.1. The molecule has 0 bridgehead atoms. The van der Waals surface area contributed by atoms with Crippen molar-refractivity contribution in [3.8, 4) is 0 Å². The number of carbonyl (C=O) groups is 3. The molecule has 8 nitrogen and oxygen atoms in total. The molecule has 9 heteroatoms. The first-order valence-electron chi connectivity index (χ1n) is 12.0. The quantitative estimate of drug-likeness (QED) is 0.622. The van der Waals surface area contributed by atoms with Crippen LogP contribution in [0.3, 0.4) is 0 Å². The number of amides is 3. The molecule has 35 heavy (non-hydrogen) atoms. The molecule has 3 fully saturated rings. The zero-order valence-corrected chi connectivity index (χ0v) is 20.4. The summed E-state index contributed by atoms with van der Waals surface area (Å²) in [4.78, 5) is 43.5. The number of piperazine rings is 2. The summed E-state index contributed by atoms with van der Waals surface area (Å²) in [5.74, 6) is -0.296. The topological polar surface area (TPSA) is 85.0 Å². The summed E-state index contributed by atoms with van der Waals surface area (Å²) in [6.45, 7) is 7.72. The van der Waals surface area contributed by atoms with Gasteiger partial charge in [-0.25, -0.2) is 0 Å². The van der Waals surface area contributed by atoms with Crippen molar-refractivity contribution in [2.75, 3.05) is 57.3 Å². The largest absolute Gasteiger partial charge is 0.367 e. The molecule has 182 valence electrons. The lowest BCUT2D eigenvalue weighted by molar-refractivity contribution is -0.115. The molecule has 3 aliphatic rings. The third kappa shape index (κ3) is 5.58. The van der Waals surface area contributed by atoms with Gasteiger partial charge in [0.1, 0.15) is 0 Å². The maximum absolute atomic E-state index is 13.1. The SMILES string of the molecule is O=C1NC(=O)/C(=C\c2ccccc2N2CCN(C(=O)c3ccc(CN4CCNCC4)cc3)CC2)S1. The van der Waals surface area contributed by atoms with Gasteiger partial charge >= 0.3 is 0 Å². The second kappa shape index (κ2) is 10.6. The van der Waals surface area contributed by atoms with E-state index in [-0.39, 0.29) is 17.1 Å². The summed E-state index contributed by atoms with van der Waals surface area (Å²) in [5.41, 5.74) is 3.84. The summed E-state index contributed by atoms with van der Waals surface area (Å²) >= 11 is 0.921. The van der Waals surface area contributed by atoms with Crippen LogP contribution in [0.25, 0.3) is 6.08 Å². The minimum Gasteiger partial charge on any atom is -0.367 e. The molecule has 2 aromatic rings. The maximum Gasteiger partial charge on any atom is 0.290 e. The molecule has 0 atom stereocenters. The first kappa shape index (κ1) is 23.6. The van der Waals surface area contributed by atoms with Gasteiger partial charge in [-0.1, -0.05) is 30.3 Å². The van der Waals surface area contributed by atoms with E-state index in [2.05, 4.69) is 32.6 Å². The molecule has 3 heterocycles. The Morgan fingerprint density at radius 2 is 1.63 bits per heavy atom. The highest BCUT2D eigenvalue weighted by Crippen LogP contribution is 2.30. The molecule has 2 N–H and O–H groups in total. The van der Waals surface area contributed by atoms with E-state index in [1.165, 1.54) is 5.56 Å². The van der Waals surface area contributed by atoms with E-state index in [4.69, 9.17) is 0 Å². The molecule has 0 aliphatic carbocycles. The molecule has 3 amide bonds. The summed E-state index contributed by atoms with van der Waals surface area (Å²) in [7, 11) is 0. The summed E-state index contributed by atoms with van der Waals surface area (Å²) < 4.78 is 0. The number of nitrogens with zero attached hydrogens (tertiary/aromatic N) is 3. The molecule has 0 radical (unpaired) electrons. The molecule has 0 aromatic heterocycles. The van der Waals surface area contributed by atoms with Crippen LogP contribution in [0.15, 0.2) is 53.4 Å². The number of rotatable bonds is 5. The molecule has 0 unspecified atom stereocenters. The summed E-state index contributed by atoms with van der Waals surface area (Å²) in [6, 6.07) is 15.9. The molecule has 0 spiro atoms. The van der Waals surface area contributed by atoms with Crippen molar-refractivity contribution in [3.05, 3.63) is 70.1 Å². The molecule has 3 saturated heterocycles. The number of nitrogens with one attached hydrogen (secondary N) is 2. The standard InChI is InChI=1S/C26H29N5O3S/c32-24-23(35-26(34)28-24)17-21-3-1-2-4-22(21)30-13-15-31(16-14-30)25(33)20-7-5-19(6-8-20)18-29-11-9-27-10-12-29/h1-8,17,27H,9-16,18H2,(H,28,32,34)/b23-17+. The van der Waals surface area contributed by atoms with Gasteiger partial charge in [-0.05, 0) is 47.2 Å². The van der Waals surface area contributed by atoms with Gasteiger partial charge in [0.05, 0.1) is 4.91 Å². The van der Waals surface area contributed by atoms with E-state index in [1.54, 1.807) is 6.08 Å². The van der Waals surface area contributed by atoms with E-state index >= 15 is 0 Å². The van der Waals surface area contributed by atoms with Crippen molar-refractivity contribution >= 4 is 40.6 Å². The number of hydrogen-bond acceptors (Lipinski definition) is 7. The third-order valence-electron chi connectivity index (χ3n) is 6.59. The lowest BCUT2D eigenvalue weighted by Gasteiger charge is -2.37. The fourth-order valence-electron chi connectivity index (χ4n) is 4.67. The van der Waals surface area contributed by atoms with Crippen molar-refractivity contribution in [2.45, 2.75) is 6.54 Å². The van der Waals surface area contributed by atoms with Gasteiger partial charge in [-0.2, -0.15) is 0 Å². The van der Waals surface area contributed by atoms with E-state index in [9.17, 15) is 14.4 Å². The number of benzene rings is 2. The van der Waals surface area contributed by atoms with Gasteiger partial charge < -0.3 is 15.1 Å². The molecular formula is C26H29N5O3S. The Labute approximate surface area is 209 Å². The first-order valence-corrected chi connectivity index (χ1v) is 12.8. The highest BCUT2D eigenvalue weighted by Gasteiger charge is 2.27. The minimum absolute atomic E-state index is 0.0614. The lowest BCUT2D eigenvalue weighted by Crippen LogP contribution is -2.49. The molecule has 2 aromatic carbocycles. The predicted octanol–water partition coefficient (Wildman–Crippen LogP) is 2.38. The average Bonchev–Trinajstić information content (AvgIpc) is 3.21. The third-order valence-corrected chi connectivity index (χ3v) is 7.40. The van der Waals surface area contributed by atoms with Gasteiger partial charge in [0, 0.05) is 70.2 Å². The van der Waals surface area contributed by atoms with Gasteiger partial charge in [-0.15, -0.1) is 0 Å². The molecule has 0 saturated carbocycles. The van der Waals surface area contributed by atoms with Gasteiger partial charge in [-0.3, -0.25) is 24.6 Å². The van der Waals surface area contributed by atoms with Crippen molar-refractivity contribution in [1.29, 1.82) is 0 Å². The number of imide groups is 1. The second-order valence-corrected chi connectivity index (χ2v) is 9.93. The van der Waals surface area contributed by atoms with Crippen molar-refractivity contribution < 1.29 is 14.4 Å². The zero-order valence-electron chi connectivity index (χ0n) is 19.5. The Kier molecular flexibility index (Phi) is 7.17. The normalized spacial score (nSPS) is 20.4.